The zero-order valence-corrected chi connectivity index (χ0v) is 10.7. The minimum atomic E-state index is 0.423. The third-order valence-corrected chi connectivity index (χ3v) is 2.60. The second kappa shape index (κ2) is 4.75. The Kier molecular flexibility index (Phi) is 3.33. The Morgan fingerprint density at radius 1 is 1.35 bits per heavy atom. The predicted molar refractivity (Wildman–Crippen MR) is 65.7 cm³/mol. The van der Waals surface area contributed by atoms with Crippen molar-refractivity contribution < 1.29 is 8.83 Å². The van der Waals surface area contributed by atoms with E-state index in [0.29, 0.717) is 12.6 Å². The topological polar surface area (TPSA) is 51.2 Å². The van der Waals surface area contributed by atoms with Crippen molar-refractivity contribution in [2.75, 3.05) is 0 Å². The van der Waals surface area contributed by atoms with Crippen molar-refractivity contribution >= 4 is 0 Å². The van der Waals surface area contributed by atoms with E-state index in [9.17, 15) is 0 Å². The third-order valence-electron chi connectivity index (χ3n) is 2.60. The van der Waals surface area contributed by atoms with Crippen LogP contribution in [-0.4, -0.2) is 11.0 Å². The van der Waals surface area contributed by atoms with E-state index in [0.717, 1.165) is 28.5 Å². The number of hydrogen-bond acceptors (Lipinski definition) is 4. The standard InChI is InChI=1S/C13H18N2O2/c1-8(2)14-6-12-13(16-7-15-12)11-5-9(3)17-10(11)4/h5,7-8,14H,6H2,1-4H3. The number of nitrogens with zero attached hydrogens (tertiary/aromatic N) is 1. The molecule has 2 aromatic rings. The van der Waals surface area contributed by atoms with Gasteiger partial charge in [0.15, 0.2) is 12.2 Å². The highest BCUT2D eigenvalue weighted by Crippen LogP contribution is 2.29. The van der Waals surface area contributed by atoms with Crippen LogP contribution in [-0.2, 0) is 6.54 Å². The molecule has 2 rings (SSSR count). The van der Waals surface area contributed by atoms with Gasteiger partial charge in [0.05, 0.1) is 5.56 Å². The lowest BCUT2D eigenvalue weighted by molar-refractivity contribution is 0.502. The van der Waals surface area contributed by atoms with Crippen molar-refractivity contribution in [3.63, 3.8) is 0 Å². The van der Waals surface area contributed by atoms with Crippen molar-refractivity contribution in [1.29, 1.82) is 0 Å². The summed E-state index contributed by atoms with van der Waals surface area (Å²) in [5.41, 5.74) is 1.91. The first kappa shape index (κ1) is 11.9. The average Bonchev–Trinajstić information content (AvgIpc) is 2.81. The van der Waals surface area contributed by atoms with Crippen molar-refractivity contribution in [3.8, 4) is 11.3 Å². The summed E-state index contributed by atoms with van der Waals surface area (Å²) in [6.07, 6.45) is 1.48. The lowest BCUT2D eigenvalue weighted by Gasteiger charge is -2.06. The van der Waals surface area contributed by atoms with E-state index < -0.39 is 0 Å². The maximum Gasteiger partial charge on any atom is 0.181 e. The van der Waals surface area contributed by atoms with Gasteiger partial charge in [-0.25, -0.2) is 4.98 Å². The molecule has 0 fully saturated rings. The fourth-order valence-corrected chi connectivity index (χ4v) is 1.77. The predicted octanol–water partition coefficient (Wildman–Crippen LogP) is 3.05. The SMILES string of the molecule is Cc1cc(-c2ocnc2CNC(C)C)c(C)o1. The fraction of sp³-hybridized carbons (Fsp3) is 0.462. The minimum absolute atomic E-state index is 0.423. The van der Waals surface area contributed by atoms with Crippen LogP contribution in [0, 0.1) is 13.8 Å². The summed E-state index contributed by atoms with van der Waals surface area (Å²) >= 11 is 0. The molecule has 0 spiro atoms. The molecule has 0 aliphatic heterocycles. The van der Waals surface area contributed by atoms with Crippen molar-refractivity contribution in [2.45, 2.75) is 40.3 Å². The number of aromatic nitrogens is 1. The molecule has 17 heavy (non-hydrogen) atoms. The zero-order valence-electron chi connectivity index (χ0n) is 10.7. The first-order chi connectivity index (χ1) is 8.08. The van der Waals surface area contributed by atoms with E-state index in [4.69, 9.17) is 8.83 Å². The van der Waals surface area contributed by atoms with Gasteiger partial charge in [0, 0.05) is 12.6 Å². The van der Waals surface area contributed by atoms with E-state index in [1.54, 1.807) is 0 Å². The molecule has 4 heteroatoms. The van der Waals surface area contributed by atoms with Crippen LogP contribution >= 0.6 is 0 Å². The van der Waals surface area contributed by atoms with Gasteiger partial charge in [0.25, 0.3) is 0 Å². The number of nitrogens with one attached hydrogen (secondary N) is 1. The Labute approximate surface area is 101 Å². The number of furan rings is 1. The molecule has 0 aliphatic rings. The van der Waals surface area contributed by atoms with Crippen molar-refractivity contribution in [1.82, 2.24) is 10.3 Å². The molecule has 2 heterocycles. The summed E-state index contributed by atoms with van der Waals surface area (Å²) in [6, 6.07) is 2.40. The first-order valence-electron chi connectivity index (χ1n) is 5.81. The van der Waals surface area contributed by atoms with Crippen LogP contribution in [0.2, 0.25) is 0 Å². The molecule has 0 aromatic carbocycles. The molecule has 4 nitrogen and oxygen atoms in total. The molecule has 0 unspecified atom stereocenters. The number of hydrogen-bond donors (Lipinski definition) is 1. The highest BCUT2D eigenvalue weighted by molar-refractivity contribution is 5.62. The largest absolute Gasteiger partial charge is 0.466 e. The Morgan fingerprint density at radius 2 is 2.12 bits per heavy atom. The third kappa shape index (κ3) is 2.58. The van der Waals surface area contributed by atoms with Gasteiger partial charge in [-0.3, -0.25) is 0 Å². The lowest BCUT2D eigenvalue weighted by Crippen LogP contribution is -2.22. The Balaban J connectivity index is 2.27. The van der Waals surface area contributed by atoms with Gasteiger partial charge < -0.3 is 14.2 Å². The molecule has 2 aromatic heterocycles. The molecule has 0 aliphatic carbocycles. The van der Waals surface area contributed by atoms with Crippen molar-refractivity contribution in [3.05, 3.63) is 29.7 Å². The second-order valence-corrected chi connectivity index (χ2v) is 4.49. The molecule has 1 N–H and O–H groups in total. The summed E-state index contributed by atoms with van der Waals surface area (Å²) in [6.45, 7) is 8.77. The second-order valence-electron chi connectivity index (χ2n) is 4.49. The molecule has 0 saturated heterocycles. The quantitative estimate of drug-likeness (QED) is 0.883. The Bertz CT molecular complexity index is 497. The summed E-state index contributed by atoms with van der Waals surface area (Å²) in [4.78, 5) is 4.24. The maximum atomic E-state index is 5.51. The van der Waals surface area contributed by atoms with Gasteiger partial charge in [0.1, 0.15) is 17.2 Å². The van der Waals surface area contributed by atoms with Crippen LogP contribution in [0.4, 0.5) is 0 Å². The van der Waals surface area contributed by atoms with E-state index >= 15 is 0 Å². The maximum absolute atomic E-state index is 5.51. The van der Waals surface area contributed by atoms with Crippen LogP contribution in [0.1, 0.15) is 31.1 Å². The molecule has 0 amide bonds. The van der Waals surface area contributed by atoms with Gasteiger partial charge >= 0.3 is 0 Å². The monoisotopic (exact) mass is 234 g/mol. The average molecular weight is 234 g/mol. The fourth-order valence-electron chi connectivity index (χ4n) is 1.77. The van der Waals surface area contributed by atoms with Gasteiger partial charge in [-0.1, -0.05) is 13.8 Å². The van der Waals surface area contributed by atoms with Crippen LogP contribution in [0.5, 0.6) is 0 Å². The van der Waals surface area contributed by atoms with Gasteiger partial charge in [-0.2, -0.15) is 0 Å². The summed E-state index contributed by atoms with van der Waals surface area (Å²) < 4.78 is 11.0. The normalized spacial score (nSPS) is 11.4. The van der Waals surface area contributed by atoms with E-state index in [1.807, 2.05) is 19.9 Å². The van der Waals surface area contributed by atoms with E-state index in [-0.39, 0.29) is 0 Å². The molecular formula is C13H18N2O2. The number of oxazole rings is 1. The van der Waals surface area contributed by atoms with Crippen LogP contribution in [0.25, 0.3) is 11.3 Å². The molecule has 0 atom stereocenters. The minimum Gasteiger partial charge on any atom is -0.466 e. The highest BCUT2D eigenvalue weighted by Gasteiger charge is 2.16. The van der Waals surface area contributed by atoms with Gasteiger partial charge in [-0.05, 0) is 19.9 Å². The Morgan fingerprint density at radius 3 is 2.71 bits per heavy atom. The number of aryl methyl sites for hydroxylation is 2. The van der Waals surface area contributed by atoms with Crippen LogP contribution < -0.4 is 5.32 Å². The summed E-state index contributed by atoms with van der Waals surface area (Å²) in [5.74, 6) is 2.55. The molecule has 0 saturated carbocycles. The lowest BCUT2D eigenvalue weighted by atomic mass is 10.1. The van der Waals surface area contributed by atoms with E-state index in [2.05, 4.69) is 24.1 Å². The zero-order chi connectivity index (χ0) is 12.4. The number of rotatable bonds is 4. The molecule has 92 valence electrons. The van der Waals surface area contributed by atoms with E-state index in [1.165, 1.54) is 6.39 Å². The Hall–Kier alpha value is -1.55. The van der Waals surface area contributed by atoms with Gasteiger partial charge in [0.2, 0.25) is 0 Å². The van der Waals surface area contributed by atoms with Gasteiger partial charge in [-0.15, -0.1) is 0 Å². The van der Waals surface area contributed by atoms with Crippen molar-refractivity contribution in [2.24, 2.45) is 0 Å². The smallest absolute Gasteiger partial charge is 0.181 e. The highest BCUT2D eigenvalue weighted by atomic mass is 16.4. The van der Waals surface area contributed by atoms with Crippen LogP contribution in [0.15, 0.2) is 21.3 Å². The summed E-state index contributed by atoms with van der Waals surface area (Å²) in [7, 11) is 0. The summed E-state index contributed by atoms with van der Waals surface area (Å²) in [5, 5.41) is 3.33. The first-order valence-corrected chi connectivity index (χ1v) is 5.81. The molecule has 0 radical (unpaired) electrons. The molecule has 0 bridgehead atoms. The molecular weight excluding hydrogens is 216 g/mol. The van der Waals surface area contributed by atoms with Crippen LogP contribution in [0.3, 0.4) is 0 Å².